The van der Waals surface area contributed by atoms with Gasteiger partial charge in [-0.1, -0.05) is 44.4 Å². The fraction of sp³-hybridized carbons (Fsp3) is 0.222. The Bertz CT molecular complexity index is 853. The largest absolute Gasteiger partial charge is 0.293 e. The number of carbonyl (C=O) groups excluding carboxylic acids is 2. The van der Waals surface area contributed by atoms with Crippen LogP contribution < -0.4 is 0 Å². The highest BCUT2D eigenvalue weighted by Gasteiger charge is 2.09. The van der Waals surface area contributed by atoms with Crippen LogP contribution in [0.15, 0.2) is 40.9 Å². The van der Waals surface area contributed by atoms with E-state index in [1.54, 1.807) is 6.07 Å². The fourth-order valence-corrected chi connectivity index (χ4v) is 2.36. The van der Waals surface area contributed by atoms with Crippen molar-refractivity contribution in [1.29, 1.82) is 0 Å². The number of rotatable bonds is 5. The molecule has 0 saturated heterocycles. The van der Waals surface area contributed by atoms with E-state index in [9.17, 15) is 18.4 Å². The van der Waals surface area contributed by atoms with Crippen molar-refractivity contribution in [2.24, 2.45) is 0 Å². The molecule has 2 rings (SSSR count). The lowest BCUT2D eigenvalue weighted by Gasteiger charge is -2.13. The number of hydrogen-bond acceptors (Lipinski definition) is 4. The zero-order valence-corrected chi connectivity index (χ0v) is 25.3. The van der Waals surface area contributed by atoms with Gasteiger partial charge < -0.3 is 0 Å². The predicted molar refractivity (Wildman–Crippen MR) is 145 cm³/mol. The molecule has 180 valence electrons. The number of Topliss-reactive ketones (excluding diaryl/α,β-unsaturated/α-hetero) is 1. The van der Waals surface area contributed by atoms with Gasteiger partial charge in [0.1, 0.15) is 17.5 Å². The molecule has 0 saturated carbocycles. The van der Waals surface area contributed by atoms with Gasteiger partial charge in [0.05, 0.1) is 30.1 Å². The van der Waals surface area contributed by atoms with Gasteiger partial charge in [-0.25, -0.2) is 18.5 Å². The van der Waals surface area contributed by atoms with E-state index >= 15 is 0 Å². The highest BCUT2D eigenvalue weighted by molar-refractivity contribution is 15.0. The van der Waals surface area contributed by atoms with E-state index < -0.39 is 17.5 Å². The minimum absolute atomic E-state index is 0.00104. The standard InChI is InChI=1S/C8H5Cl2FO.C6H3BrClF.C4H8ClNO3.I2/c9-4-8(12)5-1-2-6(10)7(11)3-5;7-4-1-2-5(8)6(9)3-4;1-8-6(9-2)4(7)3-5;1-2/h1-3H,4H2;1-3H;3H2,1-2H3;. The molecule has 0 radical (unpaired) electrons. The van der Waals surface area contributed by atoms with Gasteiger partial charge in [-0.15, -0.1) is 23.2 Å². The number of alkyl halides is 2. The summed E-state index contributed by atoms with van der Waals surface area (Å²) >= 11 is 28.6. The van der Waals surface area contributed by atoms with Gasteiger partial charge in [-0.05, 0) is 36.4 Å². The number of benzene rings is 2. The average molecular weight is 824 g/mol. The third kappa shape index (κ3) is 14.7. The first-order valence-corrected chi connectivity index (χ1v) is 16.8. The second kappa shape index (κ2) is 20.8. The summed E-state index contributed by atoms with van der Waals surface area (Å²) in [5.41, 5.74) is 0.243. The van der Waals surface area contributed by atoms with Crippen molar-refractivity contribution in [3.63, 3.8) is 0 Å². The molecule has 0 unspecified atom stereocenters. The quantitative estimate of drug-likeness (QED) is 0.101. The maximum Gasteiger partial charge on any atom is 0.288 e. The lowest BCUT2D eigenvalue weighted by molar-refractivity contribution is -0.315. The molecule has 0 heterocycles. The zero-order valence-electron chi connectivity index (χ0n) is 16.4. The Morgan fingerprint density at radius 2 is 1.41 bits per heavy atom. The van der Waals surface area contributed by atoms with Crippen LogP contribution in [0.4, 0.5) is 8.78 Å². The molecule has 0 N–H and O–H groups in total. The molecule has 2 aromatic rings. The highest BCUT2D eigenvalue weighted by Crippen LogP contribution is 2.18. The minimum Gasteiger partial charge on any atom is -0.293 e. The summed E-state index contributed by atoms with van der Waals surface area (Å²) in [6, 6.07) is 8.36. The van der Waals surface area contributed by atoms with Crippen molar-refractivity contribution in [3.05, 3.63) is 68.1 Å². The lowest BCUT2D eigenvalue weighted by atomic mass is 10.1. The van der Waals surface area contributed by atoms with Gasteiger partial charge in [-0.3, -0.25) is 9.59 Å². The van der Waals surface area contributed by atoms with Crippen LogP contribution in [-0.4, -0.2) is 42.9 Å². The van der Waals surface area contributed by atoms with Crippen molar-refractivity contribution in [3.8, 4) is 0 Å². The smallest absolute Gasteiger partial charge is 0.288 e. The predicted octanol–water partition coefficient (Wildman–Crippen LogP) is 8.09. The van der Waals surface area contributed by atoms with Crippen LogP contribution in [-0.2, 0) is 14.5 Å². The lowest BCUT2D eigenvalue weighted by Crippen LogP contribution is -2.29. The Labute approximate surface area is 236 Å². The summed E-state index contributed by atoms with van der Waals surface area (Å²) in [6.07, 6.45) is 0. The van der Waals surface area contributed by atoms with E-state index in [2.05, 4.69) is 62.8 Å². The summed E-state index contributed by atoms with van der Waals surface area (Å²) in [5, 5.41) is 0.854. The Morgan fingerprint density at radius 1 is 0.938 bits per heavy atom. The molecular weight excluding hydrogens is 808 g/mol. The molecule has 5 nitrogen and oxygen atoms in total. The second-order valence-corrected chi connectivity index (χ2v) is 7.16. The first kappa shape index (κ1) is 34.6. The monoisotopic (exact) mass is 821 g/mol. The third-order valence-corrected chi connectivity index (χ3v) is 4.47. The van der Waals surface area contributed by atoms with Crippen LogP contribution in [0.3, 0.4) is 0 Å². The number of ketones is 1. The van der Waals surface area contributed by atoms with Crippen LogP contribution in [0, 0.1) is 11.6 Å². The van der Waals surface area contributed by atoms with Crippen molar-refractivity contribution < 1.29 is 28.0 Å². The van der Waals surface area contributed by atoms with E-state index in [-0.39, 0.29) is 33.2 Å². The first-order valence-electron chi connectivity index (χ1n) is 7.87. The van der Waals surface area contributed by atoms with E-state index in [1.807, 2.05) is 0 Å². The molecule has 1 amide bonds. The number of amides is 1. The average Bonchev–Trinajstić information content (AvgIpc) is 2.80. The normalized spacial score (nSPS) is 9.22. The highest BCUT2D eigenvalue weighted by atomic mass is 128. The van der Waals surface area contributed by atoms with E-state index in [0.717, 1.165) is 6.07 Å². The van der Waals surface area contributed by atoms with Gasteiger partial charge in [-0.2, -0.15) is 0 Å². The maximum absolute atomic E-state index is 12.7. The van der Waals surface area contributed by atoms with Crippen LogP contribution in [0.5, 0.6) is 0 Å². The van der Waals surface area contributed by atoms with Crippen LogP contribution in [0.25, 0.3) is 0 Å². The number of hydroxylamine groups is 2. The molecule has 2 aromatic carbocycles. The second-order valence-electron chi connectivity index (χ2n) is 4.89. The van der Waals surface area contributed by atoms with Crippen LogP contribution in [0.2, 0.25) is 10.0 Å². The SMILES string of the molecule is CON(OC)C(=O)CCl.Fc1cc(Br)ccc1Cl.II.O=C(CCl)c1ccc(Cl)c(F)c1. The molecule has 0 bridgehead atoms. The minimum atomic E-state index is -0.604. The molecule has 0 aliphatic rings. The Hall–Kier alpha value is 0.460. The summed E-state index contributed by atoms with van der Waals surface area (Å²) in [6.45, 7) is 0. The Balaban J connectivity index is 0. The van der Waals surface area contributed by atoms with Crippen molar-refractivity contribution in [2.45, 2.75) is 0 Å². The van der Waals surface area contributed by atoms with Crippen molar-refractivity contribution >= 4 is 111 Å². The molecular formula is C18H16BrCl4F2I2NO4. The number of nitrogens with zero attached hydrogens (tertiary/aromatic N) is 1. The number of hydrogen-bond donors (Lipinski definition) is 0. The van der Waals surface area contributed by atoms with Gasteiger partial charge in [0, 0.05) is 47.3 Å². The summed E-state index contributed by atoms with van der Waals surface area (Å²) < 4.78 is 25.9. The van der Waals surface area contributed by atoms with E-state index in [4.69, 9.17) is 46.4 Å². The van der Waals surface area contributed by atoms with Crippen LogP contribution in [0.1, 0.15) is 10.4 Å². The summed E-state index contributed by atoms with van der Waals surface area (Å²) in [4.78, 5) is 30.3. The molecule has 0 fully saturated rings. The molecule has 0 aliphatic carbocycles. The summed E-state index contributed by atoms with van der Waals surface area (Å²) in [7, 11) is 2.63. The molecule has 0 aliphatic heterocycles. The molecule has 14 heteroatoms. The first-order chi connectivity index (χ1) is 15.1. The van der Waals surface area contributed by atoms with Gasteiger partial charge >= 0.3 is 0 Å². The summed E-state index contributed by atoms with van der Waals surface area (Å²) in [5.74, 6) is -2.05. The fourth-order valence-electron chi connectivity index (χ4n) is 1.54. The van der Waals surface area contributed by atoms with Crippen molar-refractivity contribution in [1.82, 2.24) is 5.23 Å². The Morgan fingerprint density at radius 3 is 1.72 bits per heavy atom. The number of halogens is 9. The molecule has 0 spiro atoms. The van der Waals surface area contributed by atoms with Crippen LogP contribution >= 0.6 is 99.6 Å². The van der Waals surface area contributed by atoms with Gasteiger partial charge in [0.25, 0.3) is 5.91 Å². The number of carbonyl (C=O) groups is 2. The zero-order chi connectivity index (χ0) is 25.3. The third-order valence-electron chi connectivity index (χ3n) is 2.89. The molecule has 0 atom stereocenters. The van der Waals surface area contributed by atoms with E-state index in [1.165, 1.54) is 38.5 Å². The maximum atomic E-state index is 12.7. The van der Waals surface area contributed by atoms with Gasteiger partial charge in [0.15, 0.2) is 5.78 Å². The topological polar surface area (TPSA) is 55.8 Å². The van der Waals surface area contributed by atoms with Gasteiger partial charge in [0.2, 0.25) is 0 Å². The molecule has 0 aromatic heterocycles. The molecule has 32 heavy (non-hydrogen) atoms. The Kier molecular flexibility index (Phi) is 22.5. The van der Waals surface area contributed by atoms with Crippen molar-refractivity contribution in [2.75, 3.05) is 26.0 Å². The van der Waals surface area contributed by atoms with E-state index in [0.29, 0.717) is 9.70 Å².